The topological polar surface area (TPSA) is 69.9 Å². The Bertz CT molecular complexity index is 700. The van der Waals surface area contributed by atoms with Crippen LogP contribution in [-0.2, 0) is 11.3 Å². The third-order valence-corrected chi connectivity index (χ3v) is 3.12. The van der Waals surface area contributed by atoms with Gasteiger partial charge in [-0.15, -0.1) is 0 Å². The molecule has 0 amide bonds. The number of nitrogens with zero attached hydrogens (tertiary/aromatic N) is 1. The maximum atomic E-state index is 11.5. The van der Waals surface area contributed by atoms with E-state index in [0.29, 0.717) is 12.1 Å². The van der Waals surface area contributed by atoms with Crippen LogP contribution in [0.15, 0.2) is 77.0 Å². The molecule has 0 atom stereocenters. The van der Waals surface area contributed by atoms with Crippen molar-refractivity contribution < 1.29 is 15.0 Å². The smallest absolute Gasteiger partial charge is 0.341 e. The van der Waals surface area contributed by atoms with Gasteiger partial charge in [-0.05, 0) is 12.5 Å². The highest BCUT2D eigenvalue weighted by Crippen LogP contribution is 2.15. The molecule has 4 heteroatoms. The van der Waals surface area contributed by atoms with Crippen LogP contribution in [-0.4, -0.2) is 21.9 Å². The standard InChI is InChI=1S/C18H17NO3/c1-13(20)16(18(21)22)17(15-10-6-3-7-11-15)19-12-14-8-4-2-5-9-14/h2-11,20H,12H2,1H3,(H,21,22). The first-order chi connectivity index (χ1) is 10.6. The Balaban J connectivity index is 2.47. The van der Waals surface area contributed by atoms with Crippen LogP contribution in [0, 0.1) is 0 Å². The molecule has 0 spiro atoms. The molecule has 0 bridgehead atoms. The SMILES string of the molecule is CC(O)=C(C(=O)O)C(=NCc1ccccc1)c1ccccc1. The zero-order chi connectivity index (χ0) is 15.9. The number of carboxylic acids is 1. The van der Waals surface area contributed by atoms with Gasteiger partial charge in [-0.1, -0.05) is 60.7 Å². The normalized spacial score (nSPS) is 12.7. The number of rotatable bonds is 5. The fourth-order valence-electron chi connectivity index (χ4n) is 2.09. The first kappa shape index (κ1) is 15.5. The Morgan fingerprint density at radius 3 is 2.00 bits per heavy atom. The monoisotopic (exact) mass is 295 g/mol. The van der Waals surface area contributed by atoms with E-state index in [1.54, 1.807) is 24.3 Å². The van der Waals surface area contributed by atoms with Crippen LogP contribution < -0.4 is 0 Å². The highest BCUT2D eigenvalue weighted by atomic mass is 16.4. The first-order valence-electron chi connectivity index (χ1n) is 6.87. The number of hydrogen-bond donors (Lipinski definition) is 2. The molecular formula is C18H17NO3. The highest BCUT2D eigenvalue weighted by molar-refractivity contribution is 6.26. The average molecular weight is 295 g/mol. The van der Waals surface area contributed by atoms with E-state index in [4.69, 9.17) is 0 Å². The predicted molar refractivity (Wildman–Crippen MR) is 86.1 cm³/mol. The minimum atomic E-state index is -1.20. The first-order valence-corrected chi connectivity index (χ1v) is 6.87. The molecule has 0 saturated heterocycles. The van der Waals surface area contributed by atoms with Crippen molar-refractivity contribution in [2.24, 2.45) is 4.99 Å². The molecule has 0 radical (unpaired) electrons. The van der Waals surface area contributed by atoms with E-state index in [-0.39, 0.29) is 17.0 Å². The zero-order valence-corrected chi connectivity index (χ0v) is 12.2. The molecule has 0 fully saturated rings. The summed E-state index contributed by atoms with van der Waals surface area (Å²) in [6.45, 7) is 1.69. The van der Waals surface area contributed by atoms with Crippen LogP contribution in [0.5, 0.6) is 0 Å². The van der Waals surface area contributed by atoms with Crippen LogP contribution in [0.25, 0.3) is 0 Å². The summed E-state index contributed by atoms with van der Waals surface area (Å²) in [6.07, 6.45) is 0. The molecule has 0 unspecified atom stereocenters. The molecule has 2 aromatic carbocycles. The van der Waals surface area contributed by atoms with Gasteiger partial charge in [0.15, 0.2) is 0 Å². The van der Waals surface area contributed by atoms with E-state index < -0.39 is 5.97 Å². The number of aliphatic carboxylic acids is 1. The van der Waals surface area contributed by atoms with Gasteiger partial charge in [0, 0.05) is 5.56 Å². The van der Waals surface area contributed by atoms with Crippen molar-refractivity contribution in [2.75, 3.05) is 0 Å². The number of aliphatic hydroxyl groups is 1. The maximum absolute atomic E-state index is 11.5. The summed E-state index contributed by atoms with van der Waals surface area (Å²) >= 11 is 0. The number of carbonyl (C=O) groups is 1. The summed E-state index contributed by atoms with van der Waals surface area (Å²) in [6, 6.07) is 18.5. The van der Waals surface area contributed by atoms with Gasteiger partial charge in [-0.3, -0.25) is 4.99 Å². The van der Waals surface area contributed by atoms with E-state index in [9.17, 15) is 15.0 Å². The molecule has 0 heterocycles. The van der Waals surface area contributed by atoms with Gasteiger partial charge < -0.3 is 10.2 Å². The van der Waals surface area contributed by atoms with E-state index in [1.165, 1.54) is 6.92 Å². The van der Waals surface area contributed by atoms with Crippen LogP contribution in [0.4, 0.5) is 0 Å². The van der Waals surface area contributed by atoms with Crippen molar-refractivity contribution in [1.29, 1.82) is 0 Å². The van der Waals surface area contributed by atoms with Crippen molar-refractivity contribution in [3.63, 3.8) is 0 Å². The van der Waals surface area contributed by atoms with Crippen LogP contribution in [0.3, 0.4) is 0 Å². The minimum absolute atomic E-state index is 0.179. The van der Waals surface area contributed by atoms with E-state index in [2.05, 4.69) is 4.99 Å². The second-order valence-electron chi connectivity index (χ2n) is 4.78. The lowest BCUT2D eigenvalue weighted by Crippen LogP contribution is -2.16. The van der Waals surface area contributed by atoms with Crippen molar-refractivity contribution in [3.05, 3.63) is 83.1 Å². The molecular weight excluding hydrogens is 278 g/mol. The van der Waals surface area contributed by atoms with E-state index in [0.717, 1.165) is 5.56 Å². The van der Waals surface area contributed by atoms with Gasteiger partial charge in [0.2, 0.25) is 0 Å². The fraction of sp³-hybridized carbons (Fsp3) is 0.111. The van der Waals surface area contributed by atoms with Gasteiger partial charge in [0.05, 0.1) is 12.3 Å². The third-order valence-electron chi connectivity index (χ3n) is 3.12. The van der Waals surface area contributed by atoms with Gasteiger partial charge in [-0.2, -0.15) is 0 Å². The van der Waals surface area contributed by atoms with Gasteiger partial charge >= 0.3 is 5.97 Å². The van der Waals surface area contributed by atoms with Gasteiger partial charge in [0.25, 0.3) is 0 Å². The molecule has 0 aliphatic carbocycles. The zero-order valence-electron chi connectivity index (χ0n) is 12.2. The van der Waals surface area contributed by atoms with E-state index in [1.807, 2.05) is 36.4 Å². The molecule has 0 aliphatic rings. The summed E-state index contributed by atoms with van der Waals surface area (Å²) in [5.74, 6) is -1.46. The second-order valence-corrected chi connectivity index (χ2v) is 4.78. The fourth-order valence-corrected chi connectivity index (χ4v) is 2.09. The van der Waals surface area contributed by atoms with Crippen molar-refractivity contribution in [3.8, 4) is 0 Å². The highest BCUT2D eigenvalue weighted by Gasteiger charge is 2.20. The summed E-state index contributed by atoms with van der Waals surface area (Å²) in [7, 11) is 0. The second kappa shape index (κ2) is 7.22. The van der Waals surface area contributed by atoms with Crippen molar-refractivity contribution >= 4 is 11.7 Å². The molecule has 22 heavy (non-hydrogen) atoms. The molecule has 2 N–H and O–H groups in total. The lowest BCUT2D eigenvalue weighted by Gasteiger charge is -2.09. The molecule has 112 valence electrons. The summed E-state index contributed by atoms with van der Waals surface area (Å²) in [4.78, 5) is 15.9. The lowest BCUT2D eigenvalue weighted by molar-refractivity contribution is -0.132. The minimum Gasteiger partial charge on any atom is -0.512 e. The molecule has 2 aromatic rings. The Morgan fingerprint density at radius 1 is 0.955 bits per heavy atom. The number of aliphatic hydroxyl groups excluding tert-OH is 1. The number of aliphatic imine (C=N–C) groups is 1. The van der Waals surface area contributed by atoms with Gasteiger partial charge in [-0.25, -0.2) is 4.79 Å². The molecule has 0 aliphatic heterocycles. The predicted octanol–water partition coefficient (Wildman–Crippen LogP) is 3.59. The van der Waals surface area contributed by atoms with Gasteiger partial charge in [0.1, 0.15) is 11.3 Å². The largest absolute Gasteiger partial charge is 0.512 e. The number of allylic oxidation sites excluding steroid dienone is 1. The summed E-state index contributed by atoms with van der Waals surface area (Å²) in [5.41, 5.74) is 1.72. The summed E-state index contributed by atoms with van der Waals surface area (Å²) in [5, 5.41) is 19.1. The number of carboxylic acid groups (broad SMARTS) is 1. The Hall–Kier alpha value is -2.88. The Labute approximate surface area is 129 Å². The Morgan fingerprint density at radius 2 is 1.50 bits per heavy atom. The lowest BCUT2D eigenvalue weighted by atomic mass is 10.0. The van der Waals surface area contributed by atoms with E-state index >= 15 is 0 Å². The molecule has 4 nitrogen and oxygen atoms in total. The molecule has 2 rings (SSSR count). The average Bonchev–Trinajstić information content (AvgIpc) is 2.52. The third kappa shape index (κ3) is 3.82. The number of hydrogen-bond acceptors (Lipinski definition) is 3. The number of benzene rings is 2. The molecule has 0 aromatic heterocycles. The Kier molecular flexibility index (Phi) is 5.09. The van der Waals surface area contributed by atoms with Crippen LogP contribution >= 0.6 is 0 Å². The maximum Gasteiger partial charge on any atom is 0.341 e. The quantitative estimate of drug-likeness (QED) is 0.503. The van der Waals surface area contributed by atoms with Crippen LogP contribution in [0.1, 0.15) is 18.1 Å². The molecule has 0 saturated carbocycles. The van der Waals surface area contributed by atoms with Crippen molar-refractivity contribution in [1.82, 2.24) is 0 Å². The van der Waals surface area contributed by atoms with Crippen molar-refractivity contribution in [2.45, 2.75) is 13.5 Å². The van der Waals surface area contributed by atoms with Crippen LogP contribution in [0.2, 0.25) is 0 Å². The summed E-state index contributed by atoms with van der Waals surface area (Å²) < 4.78 is 0.